The lowest BCUT2D eigenvalue weighted by molar-refractivity contribution is 0.0579. The first-order chi connectivity index (χ1) is 7.63. The van der Waals surface area contributed by atoms with E-state index in [4.69, 9.17) is 5.73 Å². The van der Waals surface area contributed by atoms with Crippen molar-refractivity contribution in [1.82, 2.24) is 4.90 Å². The fourth-order valence-electron chi connectivity index (χ4n) is 2.62. The smallest absolute Gasteiger partial charge is 0.00528 e. The highest BCUT2D eigenvalue weighted by atomic mass is 15.2. The summed E-state index contributed by atoms with van der Waals surface area (Å²) in [5, 5.41) is 0. The van der Waals surface area contributed by atoms with Gasteiger partial charge in [0, 0.05) is 12.6 Å². The van der Waals surface area contributed by atoms with E-state index in [0.29, 0.717) is 11.5 Å². The molecule has 0 aromatic heterocycles. The number of hydrogen-bond acceptors (Lipinski definition) is 2. The van der Waals surface area contributed by atoms with Crippen molar-refractivity contribution in [2.75, 3.05) is 19.6 Å². The second-order valence-corrected chi connectivity index (χ2v) is 5.83. The molecule has 0 aromatic rings. The molecule has 2 nitrogen and oxygen atoms in total. The highest BCUT2D eigenvalue weighted by molar-refractivity contribution is 4.91. The first-order valence-corrected chi connectivity index (χ1v) is 7.07. The highest BCUT2D eigenvalue weighted by Gasteiger charge is 2.37. The minimum atomic E-state index is 0.469. The molecular weight excluding hydrogens is 196 g/mol. The zero-order valence-electron chi connectivity index (χ0n) is 11.5. The molecule has 2 N–H and O–H groups in total. The summed E-state index contributed by atoms with van der Waals surface area (Å²) in [6, 6.07) is 0.667. The van der Waals surface area contributed by atoms with Crippen LogP contribution < -0.4 is 5.73 Å². The molecule has 0 radical (unpaired) electrons. The van der Waals surface area contributed by atoms with Gasteiger partial charge in [0.2, 0.25) is 0 Å². The van der Waals surface area contributed by atoms with Crippen molar-refractivity contribution in [3.63, 3.8) is 0 Å². The van der Waals surface area contributed by atoms with Crippen molar-refractivity contribution >= 4 is 0 Å². The van der Waals surface area contributed by atoms with Crippen LogP contribution in [0.2, 0.25) is 0 Å². The van der Waals surface area contributed by atoms with E-state index in [1.54, 1.807) is 0 Å². The first kappa shape index (κ1) is 14.0. The third-order valence-electron chi connectivity index (χ3n) is 4.16. The number of nitrogens with two attached hydrogens (primary N) is 1. The molecule has 1 rings (SSSR count). The van der Waals surface area contributed by atoms with Crippen LogP contribution in [0.5, 0.6) is 0 Å². The molecule has 0 unspecified atom stereocenters. The molecule has 0 atom stereocenters. The van der Waals surface area contributed by atoms with Gasteiger partial charge in [-0.05, 0) is 51.6 Å². The van der Waals surface area contributed by atoms with Gasteiger partial charge in [0.25, 0.3) is 0 Å². The third-order valence-corrected chi connectivity index (χ3v) is 4.16. The van der Waals surface area contributed by atoms with Crippen molar-refractivity contribution in [2.45, 2.75) is 65.3 Å². The Hall–Kier alpha value is -0.0800. The second kappa shape index (κ2) is 6.61. The molecule has 96 valence electrons. The van der Waals surface area contributed by atoms with Crippen molar-refractivity contribution in [3.8, 4) is 0 Å². The summed E-state index contributed by atoms with van der Waals surface area (Å²) < 4.78 is 0. The van der Waals surface area contributed by atoms with E-state index in [1.165, 1.54) is 51.6 Å². The average Bonchev–Trinajstić information content (AvgIpc) is 2.20. The zero-order chi connectivity index (χ0) is 12.0. The number of nitrogens with zero attached hydrogens (tertiary/aromatic N) is 1. The van der Waals surface area contributed by atoms with Gasteiger partial charge in [0.05, 0.1) is 0 Å². The van der Waals surface area contributed by atoms with Gasteiger partial charge in [-0.3, -0.25) is 0 Å². The van der Waals surface area contributed by atoms with Gasteiger partial charge in [-0.15, -0.1) is 0 Å². The summed E-state index contributed by atoms with van der Waals surface area (Å²) in [7, 11) is 0. The van der Waals surface area contributed by atoms with Gasteiger partial charge in [0.15, 0.2) is 0 Å². The van der Waals surface area contributed by atoms with Crippen molar-refractivity contribution in [2.24, 2.45) is 11.1 Å². The molecule has 0 heterocycles. The Morgan fingerprint density at radius 2 is 1.94 bits per heavy atom. The predicted molar refractivity (Wildman–Crippen MR) is 71.6 cm³/mol. The monoisotopic (exact) mass is 226 g/mol. The Morgan fingerprint density at radius 1 is 1.25 bits per heavy atom. The maximum atomic E-state index is 5.95. The number of hydrogen-bond donors (Lipinski definition) is 1. The Morgan fingerprint density at radius 3 is 2.31 bits per heavy atom. The lowest BCUT2D eigenvalue weighted by Crippen LogP contribution is -2.49. The summed E-state index contributed by atoms with van der Waals surface area (Å²) in [6.07, 6.45) is 8.10. The lowest BCUT2D eigenvalue weighted by Gasteiger charge is -2.45. The van der Waals surface area contributed by atoms with Crippen LogP contribution in [0.15, 0.2) is 0 Å². The van der Waals surface area contributed by atoms with Crippen LogP contribution in [-0.4, -0.2) is 30.6 Å². The van der Waals surface area contributed by atoms with E-state index in [2.05, 4.69) is 25.7 Å². The molecule has 0 saturated heterocycles. The van der Waals surface area contributed by atoms with Crippen molar-refractivity contribution in [3.05, 3.63) is 0 Å². The molecule has 0 aromatic carbocycles. The summed E-state index contributed by atoms with van der Waals surface area (Å²) in [6.45, 7) is 10.3. The molecular formula is C14H30N2. The van der Waals surface area contributed by atoms with Gasteiger partial charge >= 0.3 is 0 Å². The van der Waals surface area contributed by atoms with Gasteiger partial charge in [0.1, 0.15) is 0 Å². The van der Waals surface area contributed by atoms with Crippen LogP contribution in [0.1, 0.15) is 59.3 Å². The topological polar surface area (TPSA) is 29.3 Å². The quantitative estimate of drug-likeness (QED) is 0.645. The summed E-state index contributed by atoms with van der Waals surface area (Å²) >= 11 is 0. The van der Waals surface area contributed by atoms with E-state index in [9.17, 15) is 0 Å². The molecule has 16 heavy (non-hydrogen) atoms. The number of unbranched alkanes of at least 4 members (excludes halogenated alkanes) is 2. The Labute approximate surface area is 102 Å². The Kier molecular flexibility index (Phi) is 5.77. The van der Waals surface area contributed by atoms with Gasteiger partial charge in [-0.1, -0.05) is 26.2 Å². The lowest BCUT2D eigenvalue weighted by atomic mass is 9.68. The van der Waals surface area contributed by atoms with Crippen LogP contribution >= 0.6 is 0 Å². The minimum absolute atomic E-state index is 0.469. The summed E-state index contributed by atoms with van der Waals surface area (Å²) in [5.74, 6) is 0. The minimum Gasteiger partial charge on any atom is -0.330 e. The first-order valence-electron chi connectivity index (χ1n) is 7.07. The van der Waals surface area contributed by atoms with E-state index >= 15 is 0 Å². The second-order valence-electron chi connectivity index (χ2n) is 5.83. The maximum absolute atomic E-state index is 5.95. The molecule has 2 heteroatoms. The van der Waals surface area contributed by atoms with Gasteiger partial charge in [-0.25, -0.2) is 0 Å². The van der Waals surface area contributed by atoms with E-state index in [1.807, 2.05) is 0 Å². The Balaban J connectivity index is 2.37. The third kappa shape index (κ3) is 3.74. The molecule has 0 spiro atoms. The van der Waals surface area contributed by atoms with E-state index < -0.39 is 0 Å². The molecule has 0 aliphatic heterocycles. The summed E-state index contributed by atoms with van der Waals surface area (Å²) in [4.78, 5) is 2.64. The van der Waals surface area contributed by atoms with Crippen molar-refractivity contribution < 1.29 is 0 Å². The molecule has 1 saturated carbocycles. The van der Waals surface area contributed by atoms with Crippen LogP contribution in [0.3, 0.4) is 0 Å². The normalized spacial score (nSPS) is 19.1. The van der Waals surface area contributed by atoms with Crippen LogP contribution in [0.25, 0.3) is 0 Å². The SMILES string of the molecule is CCCCCN(CC1(CN)CCC1)C(C)C. The molecule has 0 amide bonds. The number of rotatable bonds is 8. The molecule has 1 aliphatic carbocycles. The van der Waals surface area contributed by atoms with E-state index in [0.717, 1.165) is 6.54 Å². The van der Waals surface area contributed by atoms with Gasteiger partial charge < -0.3 is 10.6 Å². The molecule has 0 bridgehead atoms. The van der Waals surface area contributed by atoms with Crippen LogP contribution in [-0.2, 0) is 0 Å². The van der Waals surface area contributed by atoms with Crippen LogP contribution in [0, 0.1) is 5.41 Å². The van der Waals surface area contributed by atoms with Crippen molar-refractivity contribution in [1.29, 1.82) is 0 Å². The van der Waals surface area contributed by atoms with E-state index in [-0.39, 0.29) is 0 Å². The van der Waals surface area contributed by atoms with Gasteiger partial charge in [-0.2, -0.15) is 0 Å². The zero-order valence-corrected chi connectivity index (χ0v) is 11.5. The fourth-order valence-corrected chi connectivity index (χ4v) is 2.62. The summed E-state index contributed by atoms with van der Waals surface area (Å²) in [5.41, 5.74) is 6.41. The standard InChI is InChI=1S/C14H30N2/c1-4-5-6-10-16(13(2)3)12-14(11-15)8-7-9-14/h13H,4-12,15H2,1-3H3. The largest absolute Gasteiger partial charge is 0.330 e. The molecule has 1 fully saturated rings. The molecule has 1 aliphatic rings. The maximum Gasteiger partial charge on any atom is 0.00528 e. The Bertz CT molecular complexity index is 180. The van der Waals surface area contributed by atoms with Crippen LogP contribution in [0.4, 0.5) is 0 Å². The highest BCUT2D eigenvalue weighted by Crippen LogP contribution is 2.40. The predicted octanol–water partition coefficient (Wildman–Crippen LogP) is 3.02. The fraction of sp³-hybridized carbons (Fsp3) is 1.00. The average molecular weight is 226 g/mol.